The summed E-state index contributed by atoms with van der Waals surface area (Å²) in [6.45, 7) is 10.0. The molecule has 0 atom stereocenters. The molecule has 1 aliphatic heterocycles. The molecular weight excluding hydrogens is 286 g/mol. The van der Waals surface area contributed by atoms with Crippen LogP contribution in [0.5, 0.6) is 0 Å². The van der Waals surface area contributed by atoms with Crippen LogP contribution >= 0.6 is 11.8 Å². The Labute approximate surface area is 131 Å². The van der Waals surface area contributed by atoms with Crippen molar-refractivity contribution in [3.63, 3.8) is 0 Å². The Morgan fingerprint density at radius 3 is 2.71 bits per heavy atom. The van der Waals surface area contributed by atoms with E-state index in [0.717, 1.165) is 30.2 Å². The van der Waals surface area contributed by atoms with Gasteiger partial charge in [-0.25, -0.2) is 4.98 Å². The second-order valence-electron chi connectivity index (χ2n) is 5.35. The predicted octanol–water partition coefficient (Wildman–Crippen LogP) is 2.25. The number of morpholine rings is 1. The summed E-state index contributed by atoms with van der Waals surface area (Å²) in [5, 5.41) is 0.972. The zero-order valence-electron chi connectivity index (χ0n) is 13.2. The third-order valence-corrected chi connectivity index (χ3v) is 4.81. The first kappa shape index (κ1) is 16.4. The van der Waals surface area contributed by atoms with Crippen molar-refractivity contribution >= 4 is 17.7 Å². The first-order valence-corrected chi connectivity index (χ1v) is 8.64. The third kappa shape index (κ3) is 4.23. The van der Waals surface area contributed by atoms with Gasteiger partial charge in [-0.1, -0.05) is 25.1 Å². The van der Waals surface area contributed by atoms with E-state index in [9.17, 15) is 4.79 Å². The molecule has 1 aromatic heterocycles. The molecule has 2 rings (SSSR count). The van der Waals surface area contributed by atoms with Crippen LogP contribution in [-0.4, -0.2) is 52.4 Å². The summed E-state index contributed by atoms with van der Waals surface area (Å²) in [5.41, 5.74) is 2.28. The van der Waals surface area contributed by atoms with Crippen molar-refractivity contribution in [3.05, 3.63) is 11.4 Å². The van der Waals surface area contributed by atoms with Crippen molar-refractivity contribution in [2.75, 3.05) is 32.1 Å². The van der Waals surface area contributed by atoms with Crippen molar-refractivity contribution < 1.29 is 9.53 Å². The van der Waals surface area contributed by atoms with Gasteiger partial charge in [0.1, 0.15) is 0 Å². The lowest BCUT2D eigenvalue weighted by Gasteiger charge is -2.26. The smallest absolute Gasteiger partial charge is 0.233 e. The second kappa shape index (κ2) is 7.84. The van der Waals surface area contributed by atoms with Gasteiger partial charge in [-0.3, -0.25) is 4.79 Å². The number of imidazole rings is 1. The molecule has 1 saturated heterocycles. The molecule has 118 valence electrons. The Bertz CT molecular complexity index is 482. The number of ether oxygens (including phenoxy) is 1. The molecule has 0 bridgehead atoms. The SMILES string of the molecule is CCCCn1c(SCC(=O)N2CCOCC2)nc(C)c1C. The molecule has 1 amide bonds. The molecule has 0 aromatic carbocycles. The van der Waals surface area contributed by atoms with Crippen LogP contribution in [0.4, 0.5) is 0 Å². The Balaban J connectivity index is 1.95. The summed E-state index contributed by atoms with van der Waals surface area (Å²) in [4.78, 5) is 18.7. The fraction of sp³-hybridized carbons (Fsp3) is 0.733. The van der Waals surface area contributed by atoms with Crippen LogP contribution in [0, 0.1) is 13.8 Å². The van der Waals surface area contributed by atoms with Gasteiger partial charge in [0.15, 0.2) is 5.16 Å². The topological polar surface area (TPSA) is 47.4 Å². The number of hydrogen-bond donors (Lipinski definition) is 0. The highest BCUT2D eigenvalue weighted by molar-refractivity contribution is 7.99. The van der Waals surface area contributed by atoms with Crippen LogP contribution in [0.25, 0.3) is 0 Å². The highest BCUT2D eigenvalue weighted by Crippen LogP contribution is 2.22. The van der Waals surface area contributed by atoms with E-state index in [1.165, 1.54) is 5.69 Å². The highest BCUT2D eigenvalue weighted by Gasteiger charge is 2.18. The number of aryl methyl sites for hydroxylation is 1. The van der Waals surface area contributed by atoms with Crippen LogP contribution in [0.3, 0.4) is 0 Å². The molecule has 1 fully saturated rings. The number of thioether (sulfide) groups is 1. The molecular formula is C15H25N3O2S. The van der Waals surface area contributed by atoms with Gasteiger partial charge >= 0.3 is 0 Å². The molecule has 21 heavy (non-hydrogen) atoms. The standard InChI is InChI=1S/C15H25N3O2S/c1-4-5-6-18-13(3)12(2)16-15(18)21-11-14(19)17-7-9-20-10-8-17/h4-11H2,1-3H3. The van der Waals surface area contributed by atoms with Crippen LogP contribution < -0.4 is 0 Å². The molecule has 0 spiro atoms. The Kier molecular flexibility index (Phi) is 6.11. The van der Waals surface area contributed by atoms with Crippen molar-refractivity contribution in [2.24, 2.45) is 0 Å². The lowest BCUT2D eigenvalue weighted by Crippen LogP contribution is -2.41. The van der Waals surface area contributed by atoms with Gasteiger partial charge in [0, 0.05) is 25.3 Å². The molecule has 2 heterocycles. The fourth-order valence-corrected chi connectivity index (χ4v) is 3.36. The van der Waals surface area contributed by atoms with E-state index in [1.807, 2.05) is 11.8 Å². The highest BCUT2D eigenvalue weighted by atomic mass is 32.2. The Hall–Kier alpha value is -1.01. The van der Waals surface area contributed by atoms with Crippen molar-refractivity contribution in [1.82, 2.24) is 14.5 Å². The van der Waals surface area contributed by atoms with E-state index in [2.05, 4.69) is 23.4 Å². The minimum Gasteiger partial charge on any atom is -0.378 e. The first-order chi connectivity index (χ1) is 10.1. The summed E-state index contributed by atoms with van der Waals surface area (Å²) in [6.07, 6.45) is 2.30. The van der Waals surface area contributed by atoms with E-state index in [0.29, 0.717) is 32.1 Å². The van der Waals surface area contributed by atoms with Crippen molar-refractivity contribution in [2.45, 2.75) is 45.3 Å². The predicted molar refractivity (Wildman–Crippen MR) is 84.7 cm³/mol. The zero-order chi connectivity index (χ0) is 15.2. The van der Waals surface area contributed by atoms with Gasteiger partial charge in [0.25, 0.3) is 0 Å². The summed E-state index contributed by atoms with van der Waals surface area (Å²) in [7, 11) is 0. The zero-order valence-corrected chi connectivity index (χ0v) is 14.0. The summed E-state index contributed by atoms with van der Waals surface area (Å²) in [6, 6.07) is 0. The van der Waals surface area contributed by atoms with Crippen LogP contribution in [0.2, 0.25) is 0 Å². The van der Waals surface area contributed by atoms with Crippen LogP contribution in [-0.2, 0) is 16.1 Å². The number of unbranched alkanes of at least 4 members (excludes halogenated alkanes) is 1. The number of carbonyl (C=O) groups is 1. The molecule has 1 aliphatic rings. The number of aromatic nitrogens is 2. The van der Waals surface area contributed by atoms with Gasteiger partial charge in [-0.05, 0) is 20.3 Å². The number of rotatable bonds is 6. The quantitative estimate of drug-likeness (QED) is 0.756. The maximum absolute atomic E-state index is 12.2. The van der Waals surface area contributed by atoms with E-state index >= 15 is 0 Å². The van der Waals surface area contributed by atoms with Gasteiger partial charge in [-0.2, -0.15) is 0 Å². The lowest BCUT2D eigenvalue weighted by atomic mass is 10.3. The fourth-order valence-electron chi connectivity index (χ4n) is 2.34. The molecule has 0 N–H and O–H groups in total. The summed E-state index contributed by atoms with van der Waals surface area (Å²) < 4.78 is 7.52. The first-order valence-electron chi connectivity index (χ1n) is 7.65. The number of amides is 1. The van der Waals surface area contributed by atoms with E-state index < -0.39 is 0 Å². The minimum absolute atomic E-state index is 0.184. The average molecular weight is 311 g/mol. The Morgan fingerprint density at radius 1 is 1.33 bits per heavy atom. The van der Waals surface area contributed by atoms with Gasteiger partial charge in [0.2, 0.25) is 5.91 Å². The van der Waals surface area contributed by atoms with Crippen LogP contribution in [0.1, 0.15) is 31.2 Å². The third-order valence-electron chi connectivity index (χ3n) is 3.85. The molecule has 1 aromatic rings. The molecule has 6 heteroatoms. The Morgan fingerprint density at radius 2 is 2.05 bits per heavy atom. The number of hydrogen-bond acceptors (Lipinski definition) is 4. The van der Waals surface area contributed by atoms with E-state index in [-0.39, 0.29) is 5.91 Å². The van der Waals surface area contributed by atoms with Crippen LogP contribution in [0.15, 0.2) is 5.16 Å². The molecule has 0 radical (unpaired) electrons. The van der Waals surface area contributed by atoms with Gasteiger partial charge in [0.05, 0.1) is 24.7 Å². The average Bonchev–Trinajstić information content (AvgIpc) is 2.78. The number of carbonyl (C=O) groups excluding carboxylic acids is 1. The van der Waals surface area contributed by atoms with Gasteiger partial charge < -0.3 is 14.2 Å². The molecule has 0 unspecified atom stereocenters. The monoisotopic (exact) mass is 311 g/mol. The summed E-state index contributed by atoms with van der Waals surface area (Å²) >= 11 is 1.55. The maximum atomic E-state index is 12.2. The van der Waals surface area contributed by atoms with Crippen molar-refractivity contribution in [3.8, 4) is 0 Å². The van der Waals surface area contributed by atoms with Gasteiger partial charge in [-0.15, -0.1) is 0 Å². The molecule has 5 nitrogen and oxygen atoms in total. The maximum Gasteiger partial charge on any atom is 0.233 e. The number of nitrogens with zero attached hydrogens (tertiary/aromatic N) is 3. The second-order valence-corrected chi connectivity index (χ2v) is 6.29. The molecule has 0 aliphatic carbocycles. The minimum atomic E-state index is 0.184. The van der Waals surface area contributed by atoms with Crippen molar-refractivity contribution in [1.29, 1.82) is 0 Å². The van der Waals surface area contributed by atoms with E-state index in [1.54, 1.807) is 11.8 Å². The van der Waals surface area contributed by atoms with E-state index in [4.69, 9.17) is 4.74 Å². The summed E-state index contributed by atoms with van der Waals surface area (Å²) in [5.74, 6) is 0.644. The lowest BCUT2D eigenvalue weighted by molar-refractivity contribution is -0.132. The normalized spacial score (nSPS) is 15.5. The largest absolute Gasteiger partial charge is 0.378 e. The molecule has 0 saturated carbocycles.